The molecule has 0 spiro atoms. The van der Waals surface area contributed by atoms with Crippen molar-refractivity contribution in [1.82, 2.24) is 31.9 Å². The summed E-state index contributed by atoms with van der Waals surface area (Å²) in [6.07, 6.45) is 9.16. The Morgan fingerprint density at radius 2 is 1.38 bits per heavy atom. The summed E-state index contributed by atoms with van der Waals surface area (Å²) >= 11 is 0. The summed E-state index contributed by atoms with van der Waals surface area (Å²) in [4.78, 5) is 90.4. The molecular weight excluding hydrogens is 815 g/mol. The molecule has 358 valence electrons. The molecule has 21 heteroatoms. The Morgan fingerprint density at radius 3 is 1.98 bits per heavy atom. The zero-order valence-corrected chi connectivity index (χ0v) is 38.1. The third-order valence-corrected chi connectivity index (χ3v) is 13.0. The van der Waals surface area contributed by atoms with Gasteiger partial charge in [0, 0.05) is 19.4 Å². The van der Waals surface area contributed by atoms with Crippen LogP contribution in [0, 0.1) is 17.3 Å². The molecule has 4 aliphatic rings. The van der Waals surface area contributed by atoms with Gasteiger partial charge in [-0.2, -0.15) is 0 Å². The lowest BCUT2D eigenvalue weighted by molar-refractivity contribution is -0.199. The number of nitrogens with two attached hydrogens (primary N) is 4. The quantitative estimate of drug-likeness (QED) is 0.0242. The Morgan fingerprint density at radius 1 is 0.746 bits per heavy atom. The van der Waals surface area contributed by atoms with Gasteiger partial charge in [0.25, 0.3) is 5.91 Å². The van der Waals surface area contributed by atoms with Gasteiger partial charge in [0.15, 0.2) is 6.17 Å². The van der Waals surface area contributed by atoms with Crippen LogP contribution in [0.5, 0.6) is 0 Å². The van der Waals surface area contributed by atoms with Crippen LogP contribution in [0.15, 0.2) is 0 Å². The van der Waals surface area contributed by atoms with Crippen molar-refractivity contribution in [3.8, 4) is 0 Å². The first-order chi connectivity index (χ1) is 29.7. The molecule has 10 atom stereocenters. The average molecular weight is 893 g/mol. The Kier molecular flexibility index (Phi) is 21.7. The zero-order valence-electron chi connectivity index (χ0n) is 38.1. The van der Waals surface area contributed by atoms with E-state index in [1.165, 1.54) is 39.0 Å². The van der Waals surface area contributed by atoms with E-state index >= 15 is 0 Å². The number of nitrogens with one attached hydrogen (secondary N) is 6. The standard InChI is InChI=1S/C42H77BN10O10/c1-6-7-8-9-10-11-12-13-14-18-32(56)48-21-19-33(57)49-27(17-15-16-20-44)36(58)51-34(25(2)54)38(60)52-35(46)39(61)50-28(24-31(45)55)37(59)53-40(47)43-62-30-23-26-22-29(41(26,3)4)42(30,5)63-43/h25-30,34-35,40,54H,6-24,44,46-47H2,1-5H3,(H2,45,55)(H,48,56)(H,49,57)(H,50,61)(H,51,58)(H,52,60)(H,53,59)/t25?,26-,27-,28?,29-,30?,34-,35+,40+,42-/m0/s1. The van der Waals surface area contributed by atoms with Gasteiger partial charge in [0.2, 0.25) is 35.4 Å². The zero-order chi connectivity index (χ0) is 46.9. The van der Waals surface area contributed by atoms with Gasteiger partial charge in [0.05, 0.1) is 24.2 Å². The van der Waals surface area contributed by atoms with Crippen LogP contribution in [0.3, 0.4) is 0 Å². The molecule has 3 saturated carbocycles. The minimum Gasteiger partial charge on any atom is -0.403 e. The van der Waals surface area contributed by atoms with Crippen molar-refractivity contribution in [2.45, 2.75) is 192 Å². The maximum atomic E-state index is 13.5. The molecule has 3 aliphatic carbocycles. The van der Waals surface area contributed by atoms with Crippen LogP contribution in [-0.4, -0.2) is 115 Å². The third kappa shape index (κ3) is 15.9. The lowest BCUT2D eigenvalue weighted by Gasteiger charge is -2.64. The van der Waals surface area contributed by atoms with Crippen LogP contribution in [-0.2, 0) is 42.9 Å². The Bertz CT molecular complexity index is 1560. The van der Waals surface area contributed by atoms with E-state index in [2.05, 4.69) is 52.7 Å². The number of amides is 7. The molecule has 7 amide bonds. The first-order valence-corrected chi connectivity index (χ1v) is 23.0. The van der Waals surface area contributed by atoms with E-state index in [0.717, 1.165) is 38.5 Å². The van der Waals surface area contributed by atoms with E-state index in [1.807, 2.05) is 6.92 Å². The van der Waals surface area contributed by atoms with Crippen LogP contribution < -0.4 is 54.8 Å². The number of unbranched alkanes of at least 4 members (excludes halogenated alkanes) is 9. The maximum Gasteiger partial charge on any atom is 0.497 e. The smallest absolute Gasteiger partial charge is 0.403 e. The van der Waals surface area contributed by atoms with E-state index in [0.29, 0.717) is 31.7 Å². The highest BCUT2D eigenvalue weighted by Gasteiger charge is 2.68. The van der Waals surface area contributed by atoms with E-state index in [9.17, 15) is 38.7 Å². The topological polar surface area (TPSA) is 334 Å². The molecule has 1 heterocycles. The molecule has 20 nitrogen and oxygen atoms in total. The molecule has 2 bridgehead atoms. The summed E-state index contributed by atoms with van der Waals surface area (Å²) in [6, 6.07) is -5.51. The highest BCUT2D eigenvalue weighted by molar-refractivity contribution is 6.47. The lowest BCUT2D eigenvalue weighted by atomic mass is 9.43. The van der Waals surface area contributed by atoms with Crippen LogP contribution in [0.25, 0.3) is 0 Å². The molecule has 1 aliphatic heterocycles. The number of carbonyl (C=O) groups excluding carboxylic acids is 7. The molecule has 0 aromatic heterocycles. The molecule has 63 heavy (non-hydrogen) atoms. The second kappa shape index (κ2) is 25.6. The summed E-state index contributed by atoms with van der Waals surface area (Å²) < 4.78 is 12.4. The highest BCUT2D eigenvalue weighted by atomic mass is 16.7. The van der Waals surface area contributed by atoms with Crippen molar-refractivity contribution in [2.24, 2.45) is 40.2 Å². The van der Waals surface area contributed by atoms with Crippen LogP contribution in [0.1, 0.15) is 144 Å². The Labute approximate surface area is 372 Å². The van der Waals surface area contributed by atoms with Crippen molar-refractivity contribution in [3.05, 3.63) is 0 Å². The van der Waals surface area contributed by atoms with Gasteiger partial charge in [-0.3, -0.25) is 33.6 Å². The van der Waals surface area contributed by atoms with Crippen molar-refractivity contribution in [3.63, 3.8) is 0 Å². The number of rotatable bonds is 30. The highest BCUT2D eigenvalue weighted by Crippen LogP contribution is 2.65. The predicted molar refractivity (Wildman–Crippen MR) is 236 cm³/mol. The number of carbonyl (C=O) groups is 7. The van der Waals surface area contributed by atoms with E-state index in [1.54, 1.807) is 0 Å². The van der Waals surface area contributed by atoms with Crippen molar-refractivity contribution < 1.29 is 48.0 Å². The Balaban J connectivity index is 1.49. The number of primary amides is 1. The summed E-state index contributed by atoms with van der Waals surface area (Å²) in [5, 5.41) is 25.3. The number of hydrogen-bond donors (Lipinski definition) is 11. The predicted octanol–water partition coefficient (Wildman–Crippen LogP) is -0.677. The third-order valence-electron chi connectivity index (χ3n) is 13.0. The van der Waals surface area contributed by atoms with E-state index in [4.69, 9.17) is 32.2 Å². The average Bonchev–Trinajstić information content (AvgIpc) is 3.58. The molecule has 4 fully saturated rings. The molecule has 0 aromatic rings. The van der Waals surface area contributed by atoms with Crippen LogP contribution >= 0.6 is 0 Å². The molecular formula is C42H77BN10O10. The fourth-order valence-corrected chi connectivity index (χ4v) is 9.05. The van der Waals surface area contributed by atoms with Crippen molar-refractivity contribution in [1.29, 1.82) is 0 Å². The summed E-state index contributed by atoms with van der Waals surface area (Å²) in [7, 11) is -1.00. The SMILES string of the molecule is CCCCCCCCCCCC(=O)NCCC(=O)N[C@@H](CCCCN)C(=O)N[C@H](C(=O)N[C@@H](N)C(=O)NC(CC(N)=O)C(=O)N[C@@H](N)B1OC2C[C@@H]3C[C@@H](C3(C)C)[C@]2(C)O1)C(C)O. The molecule has 3 unspecified atom stereocenters. The van der Waals surface area contributed by atoms with Crippen LogP contribution in [0.2, 0.25) is 0 Å². The molecule has 0 radical (unpaired) electrons. The number of aliphatic hydroxyl groups is 1. The van der Waals surface area contributed by atoms with E-state index < -0.39 is 91.0 Å². The summed E-state index contributed by atoms with van der Waals surface area (Å²) in [5.41, 5.74) is 22.8. The second-order valence-corrected chi connectivity index (χ2v) is 18.4. The van der Waals surface area contributed by atoms with Gasteiger partial charge in [-0.1, -0.05) is 72.1 Å². The Hall–Kier alpha value is -3.89. The summed E-state index contributed by atoms with van der Waals surface area (Å²) in [6.45, 7) is 10.2. The molecule has 1 saturated heterocycles. The fraction of sp³-hybridized carbons (Fsp3) is 0.833. The molecule has 15 N–H and O–H groups in total. The lowest BCUT2D eigenvalue weighted by Crippen LogP contribution is -2.65. The monoisotopic (exact) mass is 893 g/mol. The molecule has 4 rings (SSSR count). The van der Waals surface area contributed by atoms with Gasteiger partial charge in [-0.15, -0.1) is 0 Å². The van der Waals surface area contributed by atoms with Gasteiger partial charge < -0.3 is 69.3 Å². The fourth-order valence-electron chi connectivity index (χ4n) is 9.05. The minimum atomic E-state index is -1.83. The van der Waals surface area contributed by atoms with E-state index in [-0.39, 0.29) is 42.7 Å². The number of aliphatic hydroxyl groups excluding tert-OH is 1. The minimum absolute atomic E-state index is 0.0647. The largest absolute Gasteiger partial charge is 0.497 e. The first-order valence-electron chi connectivity index (χ1n) is 23.0. The molecule has 0 aromatic carbocycles. The van der Waals surface area contributed by atoms with Crippen molar-refractivity contribution in [2.75, 3.05) is 13.1 Å². The normalized spacial score (nSPS) is 23.6. The van der Waals surface area contributed by atoms with Gasteiger partial charge in [-0.05, 0) is 76.2 Å². The van der Waals surface area contributed by atoms with Gasteiger partial charge in [-0.25, -0.2) is 0 Å². The van der Waals surface area contributed by atoms with Gasteiger partial charge in [0.1, 0.15) is 24.2 Å². The maximum absolute atomic E-state index is 13.5. The van der Waals surface area contributed by atoms with Crippen molar-refractivity contribution >= 4 is 48.5 Å². The van der Waals surface area contributed by atoms with Crippen LogP contribution in [0.4, 0.5) is 0 Å². The van der Waals surface area contributed by atoms with Gasteiger partial charge >= 0.3 is 7.12 Å². The summed E-state index contributed by atoms with van der Waals surface area (Å²) in [5.74, 6) is -4.75. The number of hydrogen-bond acceptors (Lipinski definition) is 13. The first kappa shape index (κ1) is 53.5. The second-order valence-electron chi connectivity index (χ2n) is 18.4.